The summed E-state index contributed by atoms with van der Waals surface area (Å²) in [4.78, 5) is 94.5. The lowest BCUT2D eigenvalue weighted by Gasteiger charge is -2.29. The molecule has 2 aliphatic rings. The minimum Gasteiger partial charge on any atom is -0.469 e. The summed E-state index contributed by atoms with van der Waals surface area (Å²) in [6, 6.07) is 22.1. The highest BCUT2D eigenvalue weighted by Gasteiger charge is 2.35. The summed E-state index contributed by atoms with van der Waals surface area (Å²) in [7, 11) is 6.15. The van der Waals surface area contributed by atoms with E-state index < -0.39 is 53.7 Å². The van der Waals surface area contributed by atoms with E-state index in [9.17, 15) is 33.6 Å². The second kappa shape index (κ2) is 18.7. The number of amides is 5. The number of carbonyl (C=O) groups excluding carboxylic acids is 7. The van der Waals surface area contributed by atoms with Gasteiger partial charge >= 0.3 is 18.0 Å². The van der Waals surface area contributed by atoms with Gasteiger partial charge < -0.3 is 35.1 Å². The molecule has 0 saturated carbocycles. The van der Waals surface area contributed by atoms with Crippen LogP contribution >= 0.6 is 0 Å². The second-order valence-electron chi connectivity index (χ2n) is 14.5. The van der Waals surface area contributed by atoms with Crippen LogP contribution < -0.4 is 20.9 Å². The number of methoxy groups -OCH3 is 2. The lowest BCUT2D eigenvalue weighted by atomic mass is 9.92. The Morgan fingerprint density at radius 2 is 1.37 bits per heavy atom. The third-order valence-corrected chi connectivity index (χ3v) is 10.6. The number of rotatable bonds is 17. The van der Waals surface area contributed by atoms with Crippen LogP contribution in [0.4, 0.5) is 10.5 Å². The fourth-order valence-electron chi connectivity index (χ4n) is 7.65. The number of ether oxygens (including phenoxy) is 3. The van der Waals surface area contributed by atoms with Gasteiger partial charge in [-0.3, -0.25) is 28.9 Å². The van der Waals surface area contributed by atoms with Crippen molar-refractivity contribution in [2.75, 3.05) is 52.9 Å². The Bertz CT molecular complexity index is 2220. The molecule has 1 heterocycles. The highest BCUT2D eigenvalue weighted by atomic mass is 16.5. The van der Waals surface area contributed by atoms with Crippen LogP contribution in [0.15, 0.2) is 78.9 Å². The Hall–Kier alpha value is -6.77. The summed E-state index contributed by atoms with van der Waals surface area (Å²) in [6.07, 6.45) is -0.961. The highest BCUT2D eigenvalue weighted by Crippen LogP contribution is 2.44. The van der Waals surface area contributed by atoms with E-state index in [0.717, 1.165) is 45.3 Å². The molecule has 0 aromatic heterocycles. The quantitative estimate of drug-likeness (QED) is 0.0784. The summed E-state index contributed by atoms with van der Waals surface area (Å²) in [6.45, 7) is -0.376. The molecule has 15 heteroatoms. The molecule has 0 fully saturated rings. The molecule has 4 aromatic carbocycles. The number of alkyl carbamates (subject to hydrolysis) is 1. The van der Waals surface area contributed by atoms with Gasteiger partial charge in [0.25, 0.3) is 11.8 Å². The van der Waals surface area contributed by atoms with Gasteiger partial charge in [0.15, 0.2) is 0 Å². The number of fused-ring (bicyclic) bond motifs is 3. The minimum absolute atomic E-state index is 0.0207. The monoisotopic (exact) mass is 805 g/mol. The van der Waals surface area contributed by atoms with Crippen molar-refractivity contribution in [2.45, 2.75) is 50.1 Å². The maximum absolute atomic E-state index is 13.9. The van der Waals surface area contributed by atoms with Gasteiger partial charge in [0.1, 0.15) is 18.7 Å². The molecule has 1 aliphatic heterocycles. The molecule has 4 aromatic rings. The number of benzene rings is 4. The summed E-state index contributed by atoms with van der Waals surface area (Å²) in [5.74, 6) is -3.71. The van der Waals surface area contributed by atoms with E-state index in [0.29, 0.717) is 16.5 Å². The molecule has 59 heavy (non-hydrogen) atoms. The Balaban J connectivity index is 1.15. The van der Waals surface area contributed by atoms with Crippen molar-refractivity contribution in [1.29, 1.82) is 0 Å². The highest BCUT2D eigenvalue weighted by molar-refractivity contribution is 6.26. The molecule has 2 atom stereocenters. The van der Waals surface area contributed by atoms with Crippen molar-refractivity contribution in [3.63, 3.8) is 0 Å². The van der Waals surface area contributed by atoms with Crippen molar-refractivity contribution in [1.82, 2.24) is 20.9 Å². The molecule has 0 radical (unpaired) electrons. The number of hydrogen-bond acceptors (Lipinski definition) is 11. The topological polar surface area (TPSA) is 190 Å². The first-order chi connectivity index (χ1) is 28.4. The minimum atomic E-state index is -1.29. The van der Waals surface area contributed by atoms with Crippen LogP contribution in [0.3, 0.4) is 0 Å². The van der Waals surface area contributed by atoms with Crippen molar-refractivity contribution in [2.24, 2.45) is 0 Å². The summed E-state index contributed by atoms with van der Waals surface area (Å²) < 4.78 is 15.2. The van der Waals surface area contributed by atoms with Crippen LogP contribution in [0.5, 0.6) is 0 Å². The maximum atomic E-state index is 13.9. The zero-order valence-electron chi connectivity index (χ0n) is 33.4. The lowest BCUT2D eigenvalue weighted by molar-refractivity contribution is -0.145. The average molecular weight is 806 g/mol. The molecule has 15 nitrogen and oxygen atoms in total. The normalized spacial score (nSPS) is 13.8. The van der Waals surface area contributed by atoms with Gasteiger partial charge in [0.05, 0.1) is 14.2 Å². The van der Waals surface area contributed by atoms with Crippen molar-refractivity contribution >= 4 is 58.1 Å². The maximum Gasteiger partial charge on any atom is 0.407 e. The van der Waals surface area contributed by atoms with Crippen LogP contribution in [0, 0.1) is 0 Å². The van der Waals surface area contributed by atoms with E-state index in [4.69, 9.17) is 9.47 Å². The molecule has 0 bridgehead atoms. The molecule has 0 saturated heterocycles. The number of imide groups is 1. The van der Waals surface area contributed by atoms with Crippen LogP contribution in [0.2, 0.25) is 0 Å². The summed E-state index contributed by atoms with van der Waals surface area (Å²) in [5.41, 5.74) is 5.62. The van der Waals surface area contributed by atoms with E-state index in [1.165, 1.54) is 7.11 Å². The standard InChI is InChI=1S/C44H47N5O10/c1-48(2)36-20-19-32-39-30(36)15-9-16-31(39)41(53)49(42(32)54)24-22-34(40(52)45-23-21-35(43(55)58-4)46-37(50)17-10-18-38(51)57-3)47-44(56)59-25-33-28-13-7-5-11-26(28)27-12-6-8-14-29(27)33/h5-9,11-16,19-20,33-35H,10,17-18,21-25H2,1-4H3,(H,45,52)(H,46,50)(H,47,56)/t34?,35-/m1/s1. The number of carbonyl (C=O) groups is 7. The average Bonchev–Trinajstić information content (AvgIpc) is 3.56. The second-order valence-corrected chi connectivity index (χ2v) is 14.5. The molecule has 3 N–H and O–H groups in total. The van der Waals surface area contributed by atoms with E-state index in [1.807, 2.05) is 79.7 Å². The Morgan fingerprint density at radius 3 is 2.02 bits per heavy atom. The smallest absolute Gasteiger partial charge is 0.407 e. The van der Waals surface area contributed by atoms with Crippen LogP contribution in [-0.4, -0.2) is 107 Å². The van der Waals surface area contributed by atoms with E-state index >= 15 is 0 Å². The zero-order valence-corrected chi connectivity index (χ0v) is 33.4. The summed E-state index contributed by atoms with van der Waals surface area (Å²) >= 11 is 0. The van der Waals surface area contributed by atoms with E-state index in [-0.39, 0.29) is 57.7 Å². The molecule has 1 aliphatic carbocycles. The third kappa shape index (κ3) is 9.19. The van der Waals surface area contributed by atoms with E-state index in [2.05, 4.69) is 20.7 Å². The molecule has 0 spiro atoms. The van der Waals surface area contributed by atoms with Crippen molar-refractivity contribution < 1.29 is 47.8 Å². The molecular formula is C44H47N5O10. The SMILES string of the molecule is COC(=O)CCCC(=O)N[C@H](CCNC(=O)C(CCN1C(=O)c2cccc3c(N(C)C)ccc(c23)C1=O)NC(=O)OCC1c2ccccc2-c2ccccc21)C(=O)OC. The Labute approximate surface area is 341 Å². The fourth-order valence-corrected chi connectivity index (χ4v) is 7.65. The van der Waals surface area contributed by atoms with Gasteiger partial charge in [-0.2, -0.15) is 0 Å². The third-order valence-electron chi connectivity index (χ3n) is 10.6. The number of nitrogens with zero attached hydrogens (tertiary/aromatic N) is 2. The lowest BCUT2D eigenvalue weighted by Crippen LogP contribution is -2.51. The first kappa shape index (κ1) is 41.9. The van der Waals surface area contributed by atoms with Gasteiger partial charge in [-0.15, -0.1) is 0 Å². The van der Waals surface area contributed by atoms with Crippen molar-refractivity contribution in [3.8, 4) is 11.1 Å². The molecule has 1 unspecified atom stereocenters. The van der Waals surface area contributed by atoms with Gasteiger partial charge in [-0.05, 0) is 59.7 Å². The first-order valence-electron chi connectivity index (χ1n) is 19.4. The largest absolute Gasteiger partial charge is 0.469 e. The van der Waals surface area contributed by atoms with Crippen molar-refractivity contribution in [3.05, 3.63) is 101 Å². The molecular weight excluding hydrogens is 759 g/mol. The zero-order chi connectivity index (χ0) is 42.2. The van der Waals surface area contributed by atoms with Crippen LogP contribution in [0.1, 0.15) is 69.9 Å². The number of hydrogen-bond donors (Lipinski definition) is 3. The van der Waals surface area contributed by atoms with Gasteiger partial charge in [-0.1, -0.05) is 60.7 Å². The first-order valence-corrected chi connectivity index (χ1v) is 19.4. The molecule has 5 amide bonds. The Kier molecular flexibility index (Phi) is 13.2. The predicted molar refractivity (Wildman–Crippen MR) is 218 cm³/mol. The fraction of sp³-hybridized carbons (Fsp3) is 0.341. The van der Waals surface area contributed by atoms with Crippen LogP contribution in [0.25, 0.3) is 21.9 Å². The van der Waals surface area contributed by atoms with Gasteiger partial charge in [0.2, 0.25) is 11.8 Å². The van der Waals surface area contributed by atoms with Gasteiger partial charge in [0, 0.05) is 73.5 Å². The Morgan fingerprint density at radius 1 is 0.729 bits per heavy atom. The number of esters is 2. The van der Waals surface area contributed by atoms with E-state index in [1.54, 1.807) is 18.2 Å². The number of nitrogens with one attached hydrogen (secondary N) is 3. The van der Waals surface area contributed by atoms with Gasteiger partial charge in [-0.25, -0.2) is 9.59 Å². The van der Waals surface area contributed by atoms with Crippen LogP contribution in [-0.2, 0) is 33.4 Å². The predicted octanol–water partition coefficient (Wildman–Crippen LogP) is 4.31. The molecule has 308 valence electrons. The summed E-state index contributed by atoms with van der Waals surface area (Å²) in [5, 5.41) is 9.19. The number of anilines is 1. The molecule has 6 rings (SSSR count).